The molecule has 1 aromatic rings. The minimum absolute atomic E-state index is 0.210. The standard InChI is InChI=1S/C31H52O8/c1-4-5-6-7-8-9-10-13-29-14-11-12-15-30(29)38-26-24-36-22-20-34-18-16-33-17-19-35-21-23-37-25-27-39-31(32)28(2)3/h11-12,14-15H,2,4-10,13,16-27H2,1,3H3. The van der Waals surface area contributed by atoms with Crippen LogP contribution in [0.25, 0.3) is 0 Å². The van der Waals surface area contributed by atoms with Crippen molar-refractivity contribution in [2.75, 3.05) is 79.3 Å². The van der Waals surface area contributed by atoms with E-state index in [-0.39, 0.29) is 6.61 Å². The van der Waals surface area contributed by atoms with Gasteiger partial charge in [-0.1, -0.05) is 70.2 Å². The topological polar surface area (TPSA) is 81.7 Å². The SMILES string of the molecule is C=C(C)C(=O)OCCOCCOCCOCCOCCOCCOc1ccccc1CCCCCCCCC. The molecule has 0 amide bonds. The van der Waals surface area contributed by atoms with Crippen molar-refractivity contribution in [2.45, 2.75) is 65.2 Å². The summed E-state index contributed by atoms with van der Waals surface area (Å²) in [7, 11) is 0. The largest absolute Gasteiger partial charge is 0.491 e. The van der Waals surface area contributed by atoms with Gasteiger partial charge in [0.2, 0.25) is 0 Å². The van der Waals surface area contributed by atoms with Crippen molar-refractivity contribution in [2.24, 2.45) is 0 Å². The molecule has 224 valence electrons. The maximum absolute atomic E-state index is 11.2. The molecule has 1 rings (SSSR count). The number of carbonyl (C=O) groups excluding carboxylic acids is 1. The third kappa shape index (κ3) is 21.5. The van der Waals surface area contributed by atoms with Crippen LogP contribution in [-0.4, -0.2) is 85.3 Å². The van der Waals surface area contributed by atoms with E-state index >= 15 is 0 Å². The van der Waals surface area contributed by atoms with Gasteiger partial charge in [0.15, 0.2) is 0 Å². The molecule has 0 fully saturated rings. The maximum atomic E-state index is 11.2. The van der Waals surface area contributed by atoms with Crippen LogP contribution in [0.3, 0.4) is 0 Å². The van der Waals surface area contributed by atoms with Crippen molar-refractivity contribution < 1.29 is 38.0 Å². The van der Waals surface area contributed by atoms with Crippen molar-refractivity contribution in [1.82, 2.24) is 0 Å². The molecule has 0 N–H and O–H groups in total. The second-order valence-corrected chi connectivity index (χ2v) is 9.31. The Morgan fingerprint density at radius 1 is 0.641 bits per heavy atom. The highest BCUT2D eigenvalue weighted by atomic mass is 16.6. The molecule has 0 aliphatic carbocycles. The minimum Gasteiger partial charge on any atom is -0.491 e. The van der Waals surface area contributed by atoms with Gasteiger partial charge in [0, 0.05) is 5.57 Å². The molecule has 0 aliphatic rings. The number of hydrogen-bond donors (Lipinski definition) is 0. The molecule has 0 saturated carbocycles. The fourth-order valence-corrected chi connectivity index (χ4v) is 3.63. The van der Waals surface area contributed by atoms with E-state index in [2.05, 4.69) is 25.6 Å². The van der Waals surface area contributed by atoms with E-state index in [1.165, 1.54) is 50.5 Å². The van der Waals surface area contributed by atoms with Gasteiger partial charge in [-0.15, -0.1) is 0 Å². The van der Waals surface area contributed by atoms with E-state index in [4.69, 9.17) is 33.2 Å². The van der Waals surface area contributed by atoms with Crippen LogP contribution in [0.5, 0.6) is 5.75 Å². The number of aryl methyl sites for hydroxylation is 1. The van der Waals surface area contributed by atoms with Gasteiger partial charge in [0.25, 0.3) is 0 Å². The summed E-state index contributed by atoms with van der Waals surface area (Å²) in [6.45, 7) is 12.9. The summed E-state index contributed by atoms with van der Waals surface area (Å²) in [6.07, 6.45) is 10.3. The number of unbranched alkanes of at least 4 members (excludes halogenated alkanes) is 6. The molecule has 39 heavy (non-hydrogen) atoms. The van der Waals surface area contributed by atoms with Gasteiger partial charge < -0.3 is 33.2 Å². The first-order valence-electron chi connectivity index (χ1n) is 14.6. The molecule has 0 aliphatic heterocycles. The van der Waals surface area contributed by atoms with E-state index in [9.17, 15) is 4.79 Å². The highest BCUT2D eigenvalue weighted by Crippen LogP contribution is 2.21. The van der Waals surface area contributed by atoms with Crippen LogP contribution < -0.4 is 4.74 Å². The molecule has 1 aromatic carbocycles. The Hall–Kier alpha value is -1.97. The average Bonchev–Trinajstić information content (AvgIpc) is 2.94. The summed E-state index contributed by atoms with van der Waals surface area (Å²) in [5.41, 5.74) is 1.66. The molecule has 0 aromatic heterocycles. The van der Waals surface area contributed by atoms with Crippen molar-refractivity contribution in [1.29, 1.82) is 0 Å². The maximum Gasteiger partial charge on any atom is 0.333 e. The fourth-order valence-electron chi connectivity index (χ4n) is 3.63. The monoisotopic (exact) mass is 552 g/mol. The molecule has 0 atom stereocenters. The molecule has 8 nitrogen and oxygen atoms in total. The third-order valence-corrected chi connectivity index (χ3v) is 5.80. The van der Waals surface area contributed by atoms with E-state index in [0.29, 0.717) is 78.2 Å². The number of hydrogen-bond acceptors (Lipinski definition) is 8. The third-order valence-electron chi connectivity index (χ3n) is 5.80. The van der Waals surface area contributed by atoms with Crippen LogP contribution in [0.15, 0.2) is 36.4 Å². The number of benzene rings is 1. The second-order valence-electron chi connectivity index (χ2n) is 9.31. The molecular weight excluding hydrogens is 500 g/mol. The Balaban J connectivity index is 1.86. The first-order chi connectivity index (χ1) is 19.1. The van der Waals surface area contributed by atoms with E-state index in [0.717, 1.165) is 12.2 Å². The van der Waals surface area contributed by atoms with Crippen LogP contribution in [-0.2, 0) is 39.6 Å². The van der Waals surface area contributed by atoms with Gasteiger partial charge in [0.1, 0.15) is 19.0 Å². The Morgan fingerprint density at radius 2 is 1.10 bits per heavy atom. The lowest BCUT2D eigenvalue weighted by molar-refractivity contribution is -0.140. The highest BCUT2D eigenvalue weighted by Gasteiger charge is 2.04. The van der Waals surface area contributed by atoms with Crippen LogP contribution in [0.4, 0.5) is 0 Å². The predicted octanol–water partition coefficient (Wildman–Crippen LogP) is 5.56. The molecule has 8 heteroatoms. The van der Waals surface area contributed by atoms with Crippen molar-refractivity contribution in [3.8, 4) is 5.75 Å². The molecule has 0 heterocycles. The zero-order valence-corrected chi connectivity index (χ0v) is 24.4. The van der Waals surface area contributed by atoms with Gasteiger partial charge in [0.05, 0.1) is 66.1 Å². The number of para-hydroxylation sites is 1. The van der Waals surface area contributed by atoms with Gasteiger partial charge >= 0.3 is 5.97 Å². The van der Waals surface area contributed by atoms with Crippen LogP contribution in [0.1, 0.15) is 64.4 Å². The van der Waals surface area contributed by atoms with Crippen molar-refractivity contribution >= 4 is 5.97 Å². The Morgan fingerprint density at radius 3 is 1.64 bits per heavy atom. The summed E-state index contributed by atoms with van der Waals surface area (Å²) < 4.78 is 38.2. The van der Waals surface area contributed by atoms with Gasteiger partial charge in [-0.2, -0.15) is 0 Å². The van der Waals surface area contributed by atoms with Crippen LogP contribution >= 0.6 is 0 Å². The molecule has 0 unspecified atom stereocenters. The summed E-state index contributed by atoms with van der Waals surface area (Å²) in [6, 6.07) is 8.32. The number of carbonyl (C=O) groups is 1. The molecule has 0 bridgehead atoms. The van der Waals surface area contributed by atoms with E-state index in [1.807, 2.05) is 12.1 Å². The lowest BCUT2D eigenvalue weighted by atomic mass is 10.0. The number of esters is 1. The number of ether oxygens (including phenoxy) is 7. The molecule has 0 spiro atoms. The Bertz CT molecular complexity index is 724. The summed E-state index contributed by atoms with van der Waals surface area (Å²) in [4.78, 5) is 11.2. The zero-order chi connectivity index (χ0) is 28.2. The Kier molecular flexibility index (Phi) is 23.6. The molecule has 0 radical (unpaired) electrons. The zero-order valence-electron chi connectivity index (χ0n) is 24.4. The lowest BCUT2D eigenvalue weighted by Crippen LogP contribution is -2.15. The quantitative estimate of drug-likeness (QED) is 0.0759. The van der Waals surface area contributed by atoms with Gasteiger partial charge in [-0.25, -0.2) is 4.79 Å². The van der Waals surface area contributed by atoms with Crippen LogP contribution in [0.2, 0.25) is 0 Å². The van der Waals surface area contributed by atoms with E-state index in [1.54, 1.807) is 6.92 Å². The molecule has 0 saturated heterocycles. The normalized spacial score (nSPS) is 11.0. The first kappa shape index (κ1) is 35.1. The average molecular weight is 553 g/mol. The fraction of sp³-hybridized carbons (Fsp3) is 0.710. The highest BCUT2D eigenvalue weighted by molar-refractivity contribution is 5.86. The Labute approximate surface area is 236 Å². The second kappa shape index (κ2) is 26.3. The summed E-state index contributed by atoms with van der Waals surface area (Å²) >= 11 is 0. The van der Waals surface area contributed by atoms with Crippen molar-refractivity contribution in [3.63, 3.8) is 0 Å². The first-order valence-corrected chi connectivity index (χ1v) is 14.6. The van der Waals surface area contributed by atoms with Crippen LogP contribution in [0, 0.1) is 0 Å². The number of rotatable bonds is 28. The van der Waals surface area contributed by atoms with E-state index < -0.39 is 5.97 Å². The predicted molar refractivity (Wildman–Crippen MR) is 154 cm³/mol. The molecular formula is C31H52O8. The van der Waals surface area contributed by atoms with Crippen molar-refractivity contribution in [3.05, 3.63) is 42.0 Å². The summed E-state index contributed by atoms with van der Waals surface area (Å²) in [5, 5.41) is 0. The smallest absolute Gasteiger partial charge is 0.333 e. The van der Waals surface area contributed by atoms with Gasteiger partial charge in [-0.3, -0.25) is 0 Å². The summed E-state index contributed by atoms with van der Waals surface area (Å²) in [5.74, 6) is 0.568. The lowest BCUT2D eigenvalue weighted by Gasteiger charge is -2.12. The minimum atomic E-state index is -0.403. The van der Waals surface area contributed by atoms with Gasteiger partial charge in [-0.05, 0) is 31.4 Å².